The molecule has 0 aliphatic carbocycles. The van der Waals surface area contributed by atoms with E-state index < -0.39 is 9.84 Å². The maximum absolute atomic E-state index is 13.1. The van der Waals surface area contributed by atoms with Crippen molar-refractivity contribution in [3.63, 3.8) is 0 Å². The molecule has 0 spiro atoms. The van der Waals surface area contributed by atoms with Gasteiger partial charge in [-0.15, -0.1) is 0 Å². The van der Waals surface area contributed by atoms with E-state index in [2.05, 4.69) is 16.0 Å². The molecule has 3 aromatic heterocycles. The summed E-state index contributed by atoms with van der Waals surface area (Å²) < 4.78 is 36.4. The fourth-order valence-electron chi connectivity index (χ4n) is 4.31. The number of hydrogen-bond donors (Lipinski definition) is 0. The summed E-state index contributed by atoms with van der Waals surface area (Å²) in [5, 5.41) is 2.16. The molecule has 0 aliphatic heterocycles. The van der Waals surface area contributed by atoms with Crippen molar-refractivity contribution in [2.75, 3.05) is 0 Å². The van der Waals surface area contributed by atoms with E-state index in [1.807, 2.05) is 47.0 Å². The molecule has 6 aromatic rings. The molecule has 6 heteroatoms. The van der Waals surface area contributed by atoms with Crippen molar-refractivity contribution in [3.8, 4) is 16.9 Å². The zero-order valence-electron chi connectivity index (χ0n) is 19.0. The third-order valence-electron chi connectivity index (χ3n) is 5.88. The first-order valence-corrected chi connectivity index (χ1v) is 12.2. The molecule has 0 unspecified atom stereocenters. The number of sulfone groups is 1. The van der Waals surface area contributed by atoms with Crippen LogP contribution in [0.4, 0.5) is 0 Å². The van der Waals surface area contributed by atoms with Gasteiger partial charge in [-0.1, -0.05) is 54.6 Å². The second kappa shape index (κ2) is 7.93. The summed E-state index contributed by atoms with van der Waals surface area (Å²) in [5.41, 5.74) is 3.58. The molecular weight excluding hydrogens is 442 g/mol. The summed E-state index contributed by atoms with van der Waals surface area (Å²) in [7, 11) is -3.74. The molecular formula is C28H19N3O2S. The number of benzene rings is 3. The van der Waals surface area contributed by atoms with Crippen LogP contribution in [-0.2, 0) is 9.84 Å². The predicted octanol–water partition coefficient (Wildman–Crippen LogP) is 6.07. The average Bonchev–Trinajstić information content (AvgIpc) is 3.23. The molecule has 0 atom stereocenters. The number of pyridine rings is 2. The Bertz CT molecular complexity index is 1830. The number of aromatic nitrogens is 3. The summed E-state index contributed by atoms with van der Waals surface area (Å²) in [6.45, 7) is 0. The van der Waals surface area contributed by atoms with Crippen molar-refractivity contribution >= 4 is 31.6 Å². The lowest BCUT2D eigenvalue weighted by atomic mass is 10.0. The molecule has 3 heterocycles. The van der Waals surface area contributed by atoms with Gasteiger partial charge in [0.2, 0.25) is 9.84 Å². The zero-order valence-corrected chi connectivity index (χ0v) is 18.8. The van der Waals surface area contributed by atoms with Crippen molar-refractivity contribution in [1.29, 1.82) is 0 Å². The van der Waals surface area contributed by atoms with E-state index >= 15 is 0 Å². The largest absolute Gasteiger partial charge is 0.294 e. The molecule has 0 aliphatic rings. The minimum Gasteiger partial charge on any atom is -0.294 e. The van der Waals surface area contributed by atoms with E-state index in [1.54, 1.807) is 48.7 Å². The monoisotopic (exact) mass is 462 g/mol. The van der Waals surface area contributed by atoms with Crippen molar-refractivity contribution in [2.24, 2.45) is 0 Å². The van der Waals surface area contributed by atoms with Crippen LogP contribution in [0.15, 0.2) is 125 Å². The maximum Gasteiger partial charge on any atom is 0.223 e. The molecule has 3 aromatic carbocycles. The van der Waals surface area contributed by atoms with Gasteiger partial charge in [-0.05, 0) is 59.7 Å². The first-order chi connectivity index (χ1) is 17.0. The van der Waals surface area contributed by atoms with Crippen LogP contribution >= 0.6 is 0 Å². The van der Waals surface area contributed by atoms with Gasteiger partial charge in [0.25, 0.3) is 0 Å². The Morgan fingerprint density at radius 3 is 2.32 bits per heavy atom. The molecule has 0 saturated heterocycles. The van der Waals surface area contributed by atoms with Crippen LogP contribution < -0.4 is 0 Å². The summed E-state index contributed by atoms with van der Waals surface area (Å²) >= 11 is 0. The standard InChI is InChI=1S/C28H19N3O2S/c32-34(33,28-13-4-6-17-30-28)22-9-7-8-20(18-22)21-14-15-24-23-10-1-2-11-25(23)31(26(24)19-21)27-12-3-5-16-29-27/h1-19H/i3D. The number of para-hydroxylation sites is 1. The quantitative estimate of drug-likeness (QED) is 0.319. The van der Waals surface area contributed by atoms with Crippen LogP contribution in [0.25, 0.3) is 38.8 Å². The normalized spacial score (nSPS) is 12.2. The second-order valence-corrected chi connectivity index (χ2v) is 9.79. The van der Waals surface area contributed by atoms with Gasteiger partial charge in [-0.3, -0.25) is 4.57 Å². The molecule has 0 radical (unpaired) electrons. The summed E-state index contributed by atoms with van der Waals surface area (Å²) in [6, 6.07) is 29.7. The van der Waals surface area contributed by atoms with E-state index in [0.717, 1.165) is 32.9 Å². The second-order valence-electron chi connectivity index (χ2n) is 7.90. The lowest BCUT2D eigenvalue weighted by molar-refractivity contribution is 0.592. The van der Waals surface area contributed by atoms with E-state index in [1.165, 1.54) is 12.3 Å². The molecule has 0 saturated carbocycles. The lowest BCUT2D eigenvalue weighted by Gasteiger charge is -2.09. The Morgan fingerprint density at radius 2 is 1.47 bits per heavy atom. The van der Waals surface area contributed by atoms with Crippen LogP contribution in [-0.4, -0.2) is 23.0 Å². The van der Waals surface area contributed by atoms with E-state index in [9.17, 15) is 8.42 Å². The molecule has 0 amide bonds. The molecule has 0 bridgehead atoms. The van der Waals surface area contributed by atoms with Crippen LogP contribution in [0.3, 0.4) is 0 Å². The zero-order chi connectivity index (χ0) is 24.0. The SMILES string of the molecule is [2H]c1ccnc(-n2c3ccccc3c3ccc(-c4cccc(S(=O)(=O)c5ccccn5)c4)cc32)c1. The van der Waals surface area contributed by atoms with Crippen molar-refractivity contribution < 1.29 is 9.79 Å². The number of nitrogens with zero attached hydrogens (tertiary/aromatic N) is 3. The Balaban J connectivity index is 1.55. The smallest absolute Gasteiger partial charge is 0.223 e. The topological polar surface area (TPSA) is 64.8 Å². The minimum absolute atomic E-state index is 0.0223. The minimum atomic E-state index is -3.74. The highest BCUT2D eigenvalue weighted by atomic mass is 32.2. The van der Waals surface area contributed by atoms with Gasteiger partial charge < -0.3 is 0 Å². The van der Waals surface area contributed by atoms with Gasteiger partial charge in [0.15, 0.2) is 5.03 Å². The number of rotatable bonds is 4. The Morgan fingerprint density at radius 1 is 0.676 bits per heavy atom. The summed E-state index contributed by atoms with van der Waals surface area (Å²) in [4.78, 5) is 8.75. The van der Waals surface area contributed by atoms with E-state index in [0.29, 0.717) is 11.9 Å². The van der Waals surface area contributed by atoms with Crippen LogP contribution in [0, 0.1) is 0 Å². The highest BCUT2D eigenvalue weighted by molar-refractivity contribution is 7.91. The van der Waals surface area contributed by atoms with E-state index in [-0.39, 0.29) is 9.92 Å². The summed E-state index contributed by atoms with van der Waals surface area (Å²) in [5.74, 6) is 0.660. The molecule has 0 N–H and O–H groups in total. The Kier molecular flexibility index (Phi) is 4.48. The van der Waals surface area contributed by atoms with Crippen molar-refractivity contribution in [1.82, 2.24) is 14.5 Å². The van der Waals surface area contributed by atoms with Gasteiger partial charge in [0, 0.05) is 23.2 Å². The third kappa shape index (κ3) is 3.27. The van der Waals surface area contributed by atoms with Crippen molar-refractivity contribution in [3.05, 3.63) is 115 Å². The highest BCUT2D eigenvalue weighted by Crippen LogP contribution is 2.35. The predicted molar refractivity (Wildman–Crippen MR) is 134 cm³/mol. The van der Waals surface area contributed by atoms with Gasteiger partial charge >= 0.3 is 0 Å². The van der Waals surface area contributed by atoms with Gasteiger partial charge in [0.05, 0.1) is 17.3 Å². The first kappa shape index (κ1) is 19.2. The molecule has 5 nitrogen and oxygen atoms in total. The van der Waals surface area contributed by atoms with Crippen LogP contribution in [0.2, 0.25) is 0 Å². The van der Waals surface area contributed by atoms with Gasteiger partial charge in [-0.25, -0.2) is 18.4 Å². The van der Waals surface area contributed by atoms with Crippen LogP contribution in [0.5, 0.6) is 0 Å². The molecule has 0 fully saturated rings. The third-order valence-corrected chi connectivity index (χ3v) is 7.55. The van der Waals surface area contributed by atoms with E-state index in [4.69, 9.17) is 1.37 Å². The van der Waals surface area contributed by atoms with Gasteiger partial charge in [0.1, 0.15) is 5.82 Å². The average molecular weight is 463 g/mol. The molecule has 34 heavy (non-hydrogen) atoms. The number of fused-ring (bicyclic) bond motifs is 3. The first-order valence-electron chi connectivity index (χ1n) is 11.3. The number of hydrogen-bond acceptors (Lipinski definition) is 4. The Hall–Kier alpha value is -4.29. The molecule has 6 rings (SSSR count). The fraction of sp³-hybridized carbons (Fsp3) is 0. The van der Waals surface area contributed by atoms with Crippen molar-refractivity contribution in [2.45, 2.75) is 9.92 Å². The van der Waals surface area contributed by atoms with Gasteiger partial charge in [-0.2, -0.15) is 0 Å². The summed E-state index contributed by atoms with van der Waals surface area (Å²) in [6.07, 6.45) is 3.11. The highest BCUT2D eigenvalue weighted by Gasteiger charge is 2.20. The van der Waals surface area contributed by atoms with Crippen LogP contribution in [0.1, 0.15) is 1.37 Å². The fourth-order valence-corrected chi connectivity index (χ4v) is 5.54. The molecule has 164 valence electrons. The lowest BCUT2D eigenvalue weighted by Crippen LogP contribution is -2.04. The maximum atomic E-state index is 13.1. The Labute approximate surface area is 198 Å².